The maximum absolute atomic E-state index is 13.4. The van der Waals surface area contributed by atoms with Crippen molar-refractivity contribution in [2.75, 3.05) is 6.54 Å². The number of sulfonamides is 1. The lowest BCUT2D eigenvalue weighted by molar-refractivity contribution is 0.572. The van der Waals surface area contributed by atoms with E-state index in [1.54, 1.807) is 30.3 Å². The Morgan fingerprint density at radius 1 is 0.909 bits per heavy atom. The first-order valence-corrected chi connectivity index (χ1v) is 8.97. The Labute approximate surface area is 131 Å². The number of aryl methyl sites for hydroxylation is 1. The van der Waals surface area contributed by atoms with Crippen LogP contribution in [0.5, 0.6) is 0 Å². The Morgan fingerprint density at radius 2 is 1.59 bits per heavy atom. The normalized spacial score (nSPS) is 11.5. The van der Waals surface area contributed by atoms with Crippen molar-refractivity contribution in [3.8, 4) is 0 Å². The number of halogens is 1. The van der Waals surface area contributed by atoms with Gasteiger partial charge in [-0.1, -0.05) is 48.5 Å². The predicted molar refractivity (Wildman–Crippen MR) is 86.4 cm³/mol. The van der Waals surface area contributed by atoms with Crippen molar-refractivity contribution in [1.82, 2.24) is 4.72 Å². The number of benzene rings is 2. The van der Waals surface area contributed by atoms with Gasteiger partial charge >= 0.3 is 0 Å². The van der Waals surface area contributed by atoms with Crippen LogP contribution in [0, 0.1) is 5.82 Å². The lowest BCUT2D eigenvalue weighted by Gasteiger charge is -2.07. The van der Waals surface area contributed by atoms with Gasteiger partial charge in [0.05, 0.1) is 5.75 Å². The number of hydrogen-bond donors (Lipinski definition) is 1. The molecule has 118 valence electrons. The van der Waals surface area contributed by atoms with Crippen molar-refractivity contribution in [2.24, 2.45) is 0 Å². The maximum Gasteiger partial charge on any atom is 0.215 e. The Hall–Kier alpha value is -1.72. The molecule has 22 heavy (non-hydrogen) atoms. The van der Waals surface area contributed by atoms with Gasteiger partial charge in [-0.15, -0.1) is 0 Å². The Balaban J connectivity index is 1.71. The molecule has 0 amide bonds. The van der Waals surface area contributed by atoms with E-state index in [0.29, 0.717) is 24.9 Å². The molecule has 0 aromatic heterocycles. The predicted octanol–water partition coefficient (Wildman–Crippen LogP) is 3.27. The van der Waals surface area contributed by atoms with Gasteiger partial charge in [0.25, 0.3) is 0 Å². The summed E-state index contributed by atoms with van der Waals surface area (Å²) in [5.41, 5.74) is 1.44. The highest BCUT2D eigenvalue weighted by Gasteiger charge is 2.10. The van der Waals surface area contributed by atoms with Gasteiger partial charge in [-0.05, 0) is 36.5 Å². The van der Waals surface area contributed by atoms with E-state index in [4.69, 9.17) is 0 Å². The molecule has 1 N–H and O–H groups in total. The van der Waals surface area contributed by atoms with Gasteiger partial charge in [-0.2, -0.15) is 0 Å². The highest BCUT2D eigenvalue weighted by Crippen LogP contribution is 2.10. The van der Waals surface area contributed by atoms with Crippen LogP contribution in [0.3, 0.4) is 0 Å². The SMILES string of the molecule is O=S(=O)(Cc1ccccc1)NCCCCc1ccccc1F. The van der Waals surface area contributed by atoms with Crippen LogP contribution in [-0.4, -0.2) is 15.0 Å². The average Bonchev–Trinajstić information content (AvgIpc) is 2.49. The fourth-order valence-corrected chi connectivity index (χ4v) is 3.40. The fourth-order valence-electron chi connectivity index (χ4n) is 2.21. The fraction of sp³-hybridized carbons (Fsp3) is 0.294. The minimum Gasteiger partial charge on any atom is -0.215 e. The molecule has 0 bridgehead atoms. The molecule has 0 fully saturated rings. The molecule has 2 aromatic carbocycles. The third-order valence-corrected chi connectivity index (χ3v) is 4.71. The summed E-state index contributed by atoms with van der Waals surface area (Å²) in [6.07, 6.45) is 2.05. The quantitative estimate of drug-likeness (QED) is 0.759. The van der Waals surface area contributed by atoms with E-state index in [1.807, 2.05) is 18.2 Å². The molecular weight excluding hydrogens is 301 g/mol. The van der Waals surface area contributed by atoms with Crippen molar-refractivity contribution >= 4 is 10.0 Å². The molecule has 5 heteroatoms. The Kier molecular flexibility index (Phi) is 6.10. The standard InChI is InChI=1S/C17H20FNO2S/c18-17-12-5-4-10-16(17)11-6-7-13-19-22(20,21)14-15-8-2-1-3-9-15/h1-5,8-10,12,19H,6-7,11,13-14H2. The van der Waals surface area contributed by atoms with Crippen LogP contribution in [0.1, 0.15) is 24.0 Å². The largest absolute Gasteiger partial charge is 0.215 e. The number of hydrogen-bond acceptors (Lipinski definition) is 2. The molecule has 0 heterocycles. The summed E-state index contributed by atoms with van der Waals surface area (Å²) in [5, 5.41) is 0. The topological polar surface area (TPSA) is 46.2 Å². The van der Waals surface area contributed by atoms with Gasteiger partial charge in [0, 0.05) is 6.54 Å². The minimum absolute atomic E-state index is 0.0127. The minimum atomic E-state index is -3.31. The lowest BCUT2D eigenvalue weighted by Crippen LogP contribution is -2.26. The highest BCUT2D eigenvalue weighted by atomic mass is 32.2. The van der Waals surface area contributed by atoms with Crippen LogP contribution in [0.4, 0.5) is 4.39 Å². The van der Waals surface area contributed by atoms with Crippen LogP contribution >= 0.6 is 0 Å². The Morgan fingerprint density at radius 3 is 2.32 bits per heavy atom. The van der Waals surface area contributed by atoms with E-state index >= 15 is 0 Å². The summed E-state index contributed by atoms with van der Waals surface area (Å²) in [7, 11) is -3.31. The molecule has 0 saturated heterocycles. The molecule has 3 nitrogen and oxygen atoms in total. The van der Waals surface area contributed by atoms with Crippen LogP contribution < -0.4 is 4.72 Å². The molecule has 0 saturated carbocycles. The number of nitrogens with one attached hydrogen (secondary N) is 1. The number of unbranched alkanes of at least 4 members (excludes halogenated alkanes) is 1. The zero-order valence-electron chi connectivity index (χ0n) is 12.3. The molecule has 0 radical (unpaired) electrons. The summed E-state index contributed by atoms with van der Waals surface area (Å²) in [5.74, 6) is -0.214. The van der Waals surface area contributed by atoms with Crippen molar-refractivity contribution in [1.29, 1.82) is 0 Å². The molecule has 0 aliphatic carbocycles. The van der Waals surface area contributed by atoms with E-state index in [1.165, 1.54) is 6.07 Å². The first kappa shape index (κ1) is 16.6. The third-order valence-electron chi connectivity index (χ3n) is 3.35. The third kappa shape index (κ3) is 5.58. The van der Waals surface area contributed by atoms with Crippen LogP contribution in [-0.2, 0) is 22.2 Å². The van der Waals surface area contributed by atoms with E-state index in [-0.39, 0.29) is 11.6 Å². The molecular formula is C17H20FNO2S. The second-order valence-corrected chi connectivity index (χ2v) is 6.99. The van der Waals surface area contributed by atoms with E-state index in [0.717, 1.165) is 12.0 Å². The molecule has 0 atom stereocenters. The molecule has 2 aromatic rings. The molecule has 0 aliphatic heterocycles. The van der Waals surface area contributed by atoms with E-state index in [2.05, 4.69) is 4.72 Å². The van der Waals surface area contributed by atoms with Crippen molar-refractivity contribution < 1.29 is 12.8 Å². The van der Waals surface area contributed by atoms with Gasteiger partial charge < -0.3 is 0 Å². The van der Waals surface area contributed by atoms with E-state index < -0.39 is 10.0 Å². The zero-order chi connectivity index (χ0) is 15.8. The van der Waals surface area contributed by atoms with Gasteiger partial charge in [0.15, 0.2) is 0 Å². The first-order chi connectivity index (χ1) is 10.6. The average molecular weight is 321 g/mol. The molecule has 0 aliphatic rings. The highest BCUT2D eigenvalue weighted by molar-refractivity contribution is 7.88. The van der Waals surface area contributed by atoms with Gasteiger partial charge in [-0.3, -0.25) is 0 Å². The second kappa shape index (κ2) is 8.06. The van der Waals surface area contributed by atoms with Gasteiger partial charge in [0.2, 0.25) is 10.0 Å². The van der Waals surface area contributed by atoms with Gasteiger partial charge in [-0.25, -0.2) is 17.5 Å². The Bertz CT molecular complexity index is 687. The van der Waals surface area contributed by atoms with Crippen molar-refractivity contribution in [3.05, 3.63) is 71.5 Å². The number of rotatable bonds is 8. The summed E-state index contributed by atoms with van der Waals surface area (Å²) in [6, 6.07) is 15.7. The summed E-state index contributed by atoms with van der Waals surface area (Å²) < 4.78 is 39.8. The summed E-state index contributed by atoms with van der Waals surface area (Å²) in [6.45, 7) is 0.379. The van der Waals surface area contributed by atoms with Gasteiger partial charge in [0.1, 0.15) is 5.82 Å². The second-order valence-electron chi connectivity index (χ2n) is 5.19. The van der Waals surface area contributed by atoms with Crippen LogP contribution in [0.2, 0.25) is 0 Å². The molecule has 2 rings (SSSR count). The van der Waals surface area contributed by atoms with Crippen LogP contribution in [0.25, 0.3) is 0 Å². The van der Waals surface area contributed by atoms with Crippen molar-refractivity contribution in [2.45, 2.75) is 25.0 Å². The monoisotopic (exact) mass is 321 g/mol. The zero-order valence-corrected chi connectivity index (χ0v) is 13.2. The summed E-state index contributed by atoms with van der Waals surface area (Å²) >= 11 is 0. The van der Waals surface area contributed by atoms with Crippen molar-refractivity contribution in [3.63, 3.8) is 0 Å². The van der Waals surface area contributed by atoms with E-state index in [9.17, 15) is 12.8 Å². The molecule has 0 spiro atoms. The lowest BCUT2D eigenvalue weighted by atomic mass is 10.1. The van der Waals surface area contributed by atoms with Crippen LogP contribution in [0.15, 0.2) is 54.6 Å². The molecule has 0 unspecified atom stereocenters. The maximum atomic E-state index is 13.4. The first-order valence-electron chi connectivity index (χ1n) is 7.31. The smallest absolute Gasteiger partial charge is 0.215 e. The summed E-state index contributed by atoms with van der Waals surface area (Å²) in [4.78, 5) is 0.